The average molecular weight is 350 g/mol. The normalized spacial score (nSPS) is 16.6. The number of nitrogens with zero attached hydrogens (tertiary/aromatic N) is 1. The van der Waals surface area contributed by atoms with Crippen LogP contribution in [0.5, 0.6) is 0 Å². The highest BCUT2D eigenvalue weighted by atomic mass is 35.5. The lowest BCUT2D eigenvalue weighted by Crippen LogP contribution is -2.27. The molecule has 0 aliphatic carbocycles. The molecular weight excluding hydrogens is 341 g/mol. The van der Waals surface area contributed by atoms with Gasteiger partial charge in [-0.3, -0.25) is 9.69 Å². The smallest absolute Gasteiger partial charge is 0.268 e. The van der Waals surface area contributed by atoms with Crippen LogP contribution in [0.15, 0.2) is 53.4 Å². The summed E-state index contributed by atoms with van der Waals surface area (Å²) < 4.78 is 13.4. The minimum atomic E-state index is -0.358. The molecule has 0 saturated carbocycles. The molecule has 1 amide bonds. The maximum Gasteiger partial charge on any atom is 0.270 e. The predicted molar refractivity (Wildman–Crippen MR) is 93.5 cm³/mol. The third-order valence-electron chi connectivity index (χ3n) is 3.02. The van der Waals surface area contributed by atoms with Crippen molar-refractivity contribution in [2.24, 2.45) is 0 Å². The van der Waals surface area contributed by atoms with Gasteiger partial charge in [-0.05, 0) is 48.0 Å². The van der Waals surface area contributed by atoms with Crippen molar-refractivity contribution < 1.29 is 9.18 Å². The van der Waals surface area contributed by atoms with Crippen molar-refractivity contribution >= 4 is 57.6 Å². The van der Waals surface area contributed by atoms with E-state index in [1.165, 1.54) is 40.9 Å². The summed E-state index contributed by atoms with van der Waals surface area (Å²) in [6.07, 6.45) is 1.74. The van der Waals surface area contributed by atoms with Crippen LogP contribution < -0.4 is 4.90 Å². The Hall–Kier alpha value is -1.69. The first-order valence-electron chi connectivity index (χ1n) is 6.34. The van der Waals surface area contributed by atoms with Crippen LogP contribution in [0.2, 0.25) is 5.02 Å². The van der Waals surface area contributed by atoms with Gasteiger partial charge in [-0.15, -0.1) is 0 Å². The van der Waals surface area contributed by atoms with E-state index in [2.05, 4.69) is 0 Å². The Bertz CT molecular complexity index is 789. The number of halogens is 2. The van der Waals surface area contributed by atoms with Crippen molar-refractivity contribution in [3.05, 3.63) is 69.8 Å². The number of hydrogen-bond donors (Lipinski definition) is 0. The first kappa shape index (κ1) is 15.2. The molecule has 1 aliphatic rings. The van der Waals surface area contributed by atoms with E-state index < -0.39 is 0 Å². The van der Waals surface area contributed by atoms with E-state index in [0.717, 1.165) is 5.56 Å². The Morgan fingerprint density at radius 2 is 1.91 bits per heavy atom. The lowest BCUT2D eigenvalue weighted by atomic mass is 10.2. The number of rotatable bonds is 2. The summed E-state index contributed by atoms with van der Waals surface area (Å²) in [4.78, 5) is 14.4. The summed E-state index contributed by atoms with van der Waals surface area (Å²) in [5, 5.41) is 0.600. The molecule has 0 atom stereocenters. The Labute approximate surface area is 141 Å². The van der Waals surface area contributed by atoms with Gasteiger partial charge >= 0.3 is 0 Å². The molecule has 6 heteroatoms. The molecule has 22 heavy (non-hydrogen) atoms. The van der Waals surface area contributed by atoms with Gasteiger partial charge < -0.3 is 0 Å². The quantitative estimate of drug-likeness (QED) is 0.569. The number of anilines is 1. The number of thioether (sulfide) groups is 1. The van der Waals surface area contributed by atoms with Crippen molar-refractivity contribution in [3.63, 3.8) is 0 Å². The second kappa shape index (κ2) is 6.20. The van der Waals surface area contributed by atoms with E-state index in [1.807, 2.05) is 12.1 Å². The van der Waals surface area contributed by atoms with Gasteiger partial charge in [0.05, 0.1) is 10.6 Å². The lowest BCUT2D eigenvalue weighted by molar-refractivity contribution is -0.113. The van der Waals surface area contributed by atoms with E-state index in [0.29, 0.717) is 19.9 Å². The van der Waals surface area contributed by atoms with Crippen LogP contribution in [0, 0.1) is 5.82 Å². The Morgan fingerprint density at radius 3 is 2.59 bits per heavy atom. The third kappa shape index (κ3) is 3.06. The van der Waals surface area contributed by atoms with Gasteiger partial charge in [0, 0.05) is 5.02 Å². The monoisotopic (exact) mass is 349 g/mol. The molecule has 110 valence electrons. The molecule has 0 radical (unpaired) electrons. The zero-order valence-corrected chi connectivity index (χ0v) is 13.5. The molecule has 2 aromatic rings. The number of benzene rings is 2. The fourth-order valence-corrected chi connectivity index (χ4v) is 3.53. The molecule has 2 aromatic carbocycles. The number of thiocarbonyl (C=S) groups is 1. The van der Waals surface area contributed by atoms with E-state index >= 15 is 0 Å². The minimum Gasteiger partial charge on any atom is -0.268 e. The fourth-order valence-electron chi connectivity index (χ4n) is 2.03. The SMILES string of the molecule is O=C1C(=Cc2cccc(Cl)c2)SC(=S)N1c1ccc(F)cc1. The minimum absolute atomic E-state index is 0.221. The van der Waals surface area contributed by atoms with Gasteiger partial charge in [0.1, 0.15) is 5.82 Å². The number of amides is 1. The van der Waals surface area contributed by atoms with Crippen LogP contribution in [0.25, 0.3) is 6.08 Å². The second-order valence-electron chi connectivity index (χ2n) is 4.55. The van der Waals surface area contributed by atoms with Crippen molar-refractivity contribution in [2.75, 3.05) is 4.90 Å². The number of hydrogen-bond acceptors (Lipinski definition) is 3. The van der Waals surface area contributed by atoms with Crippen LogP contribution in [0.4, 0.5) is 10.1 Å². The lowest BCUT2D eigenvalue weighted by Gasteiger charge is -2.14. The highest BCUT2D eigenvalue weighted by molar-refractivity contribution is 8.27. The van der Waals surface area contributed by atoms with E-state index in [4.69, 9.17) is 23.8 Å². The standard InChI is InChI=1S/C16H9ClFNOS2/c17-11-3-1-2-10(8-11)9-14-15(20)19(16(21)22-14)13-6-4-12(18)5-7-13/h1-9H. The van der Waals surface area contributed by atoms with Gasteiger partial charge in [0.15, 0.2) is 4.32 Å². The zero-order valence-electron chi connectivity index (χ0n) is 11.1. The molecule has 1 fully saturated rings. The molecule has 0 bridgehead atoms. The summed E-state index contributed by atoms with van der Waals surface area (Å²) in [5.74, 6) is -0.578. The Morgan fingerprint density at radius 1 is 1.18 bits per heavy atom. The van der Waals surface area contributed by atoms with Crippen LogP contribution in [-0.2, 0) is 4.79 Å². The molecule has 1 aliphatic heterocycles. The van der Waals surface area contributed by atoms with Crippen LogP contribution in [0.3, 0.4) is 0 Å². The summed E-state index contributed by atoms with van der Waals surface area (Å²) in [7, 11) is 0. The van der Waals surface area contributed by atoms with Gasteiger partial charge in [0.2, 0.25) is 0 Å². The van der Waals surface area contributed by atoms with Gasteiger partial charge in [0.25, 0.3) is 5.91 Å². The maximum absolute atomic E-state index is 13.0. The van der Waals surface area contributed by atoms with Gasteiger partial charge in [-0.2, -0.15) is 0 Å². The van der Waals surface area contributed by atoms with Crippen molar-refractivity contribution in [1.29, 1.82) is 0 Å². The van der Waals surface area contributed by atoms with Gasteiger partial charge in [-0.1, -0.05) is 47.7 Å². The maximum atomic E-state index is 13.0. The molecule has 0 aromatic heterocycles. The summed E-state index contributed by atoms with van der Waals surface area (Å²) >= 11 is 12.4. The van der Waals surface area contributed by atoms with E-state index in [1.54, 1.807) is 18.2 Å². The fraction of sp³-hybridized carbons (Fsp3) is 0. The summed E-state index contributed by atoms with van der Waals surface area (Å²) in [5.41, 5.74) is 1.38. The van der Waals surface area contributed by atoms with E-state index in [9.17, 15) is 9.18 Å². The predicted octanol–water partition coefficient (Wildman–Crippen LogP) is 4.88. The Balaban J connectivity index is 1.93. The first-order valence-corrected chi connectivity index (χ1v) is 7.94. The molecular formula is C16H9ClFNOS2. The Kier molecular flexibility index (Phi) is 4.29. The highest BCUT2D eigenvalue weighted by Gasteiger charge is 2.33. The van der Waals surface area contributed by atoms with Crippen LogP contribution >= 0.6 is 35.6 Å². The summed E-state index contributed by atoms with van der Waals surface area (Å²) in [6.45, 7) is 0. The topological polar surface area (TPSA) is 20.3 Å². The highest BCUT2D eigenvalue weighted by Crippen LogP contribution is 2.36. The number of carbonyl (C=O) groups excluding carboxylic acids is 1. The first-order chi connectivity index (χ1) is 10.5. The third-order valence-corrected chi connectivity index (χ3v) is 4.56. The molecule has 0 spiro atoms. The molecule has 1 heterocycles. The van der Waals surface area contributed by atoms with Crippen molar-refractivity contribution in [3.8, 4) is 0 Å². The van der Waals surface area contributed by atoms with Crippen LogP contribution in [-0.4, -0.2) is 10.2 Å². The second-order valence-corrected chi connectivity index (χ2v) is 6.66. The van der Waals surface area contributed by atoms with Crippen LogP contribution in [0.1, 0.15) is 5.56 Å². The molecule has 3 rings (SSSR count). The molecule has 2 nitrogen and oxygen atoms in total. The van der Waals surface area contributed by atoms with Gasteiger partial charge in [-0.25, -0.2) is 4.39 Å². The molecule has 1 saturated heterocycles. The molecule has 0 N–H and O–H groups in total. The van der Waals surface area contributed by atoms with Crippen molar-refractivity contribution in [2.45, 2.75) is 0 Å². The number of carbonyl (C=O) groups is 1. The van der Waals surface area contributed by atoms with Crippen molar-refractivity contribution in [1.82, 2.24) is 0 Å². The zero-order chi connectivity index (χ0) is 15.7. The molecule has 0 unspecified atom stereocenters. The average Bonchev–Trinajstić information content (AvgIpc) is 2.75. The van der Waals surface area contributed by atoms with E-state index in [-0.39, 0.29) is 11.7 Å². The summed E-state index contributed by atoms with van der Waals surface area (Å²) in [6, 6.07) is 12.9. The largest absolute Gasteiger partial charge is 0.270 e.